The Hall–Kier alpha value is -2.06. The van der Waals surface area contributed by atoms with Gasteiger partial charge in [-0.2, -0.15) is 0 Å². The maximum absolute atomic E-state index is 12.9. The van der Waals surface area contributed by atoms with Crippen LogP contribution in [0.25, 0.3) is 0 Å². The van der Waals surface area contributed by atoms with Crippen LogP contribution in [0.5, 0.6) is 5.75 Å². The Kier molecular flexibility index (Phi) is 5.43. The van der Waals surface area contributed by atoms with Crippen LogP contribution in [0.15, 0.2) is 46.2 Å². The van der Waals surface area contributed by atoms with Gasteiger partial charge in [0.05, 0.1) is 17.7 Å². The van der Waals surface area contributed by atoms with E-state index in [-0.39, 0.29) is 15.5 Å². The highest BCUT2D eigenvalue weighted by molar-refractivity contribution is 7.93. The average molecular weight is 383 g/mol. The maximum atomic E-state index is 12.9. The average Bonchev–Trinajstić information content (AvgIpc) is 2.55. The van der Waals surface area contributed by atoms with E-state index in [0.717, 1.165) is 23.4 Å². The Morgan fingerprint density at radius 3 is 2.32 bits per heavy atom. The minimum Gasteiger partial charge on any atom is -0.495 e. The molecular formula is C17H21NO5S2. The van der Waals surface area contributed by atoms with E-state index in [0.29, 0.717) is 12.1 Å². The second-order valence-corrected chi connectivity index (χ2v) is 9.32. The molecule has 0 unspecified atom stereocenters. The molecule has 8 heteroatoms. The lowest BCUT2D eigenvalue weighted by atomic mass is 10.1. The van der Waals surface area contributed by atoms with Crippen molar-refractivity contribution in [1.29, 1.82) is 0 Å². The highest BCUT2D eigenvalue weighted by atomic mass is 32.2. The largest absolute Gasteiger partial charge is 0.495 e. The third-order valence-corrected chi connectivity index (χ3v) is 6.31. The summed E-state index contributed by atoms with van der Waals surface area (Å²) in [5.74, 6) is 0.0755. The molecule has 0 saturated heterocycles. The molecule has 0 heterocycles. The molecule has 2 aromatic carbocycles. The van der Waals surface area contributed by atoms with E-state index in [9.17, 15) is 16.8 Å². The molecule has 2 rings (SSSR count). The molecule has 0 aliphatic heterocycles. The van der Waals surface area contributed by atoms with Crippen LogP contribution in [0, 0.1) is 6.92 Å². The van der Waals surface area contributed by atoms with Gasteiger partial charge in [-0.15, -0.1) is 0 Å². The van der Waals surface area contributed by atoms with Gasteiger partial charge in [-0.25, -0.2) is 16.8 Å². The molecule has 25 heavy (non-hydrogen) atoms. The van der Waals surface area contributed by atoms with E-state index < -0.39 is 19.9 Å². The lowest BCUT2D eigenvalue weighted by Crippen LogP contribution is -2.16. The SMILES string of the molecule is CCc1cccc(C)c1NS(=O)(=O)c1cc(S(C)(=O)=O)ccc1OC. The van der Waals surface area contributed by atoms with E-state index in [1.54, 1.807) is 13.0 Å². The molecule has 0 bridgehead atoms. The standard InChI is InChI=1S/C17H21NO5S2/c1-5-13-8-6-7-12(2)17(13)18-25(21,22)16-11-14(24(4,19)20)9-10-15(16)23-3/h6-11,18H,5H2,1-4H3. The van der Waals surface area contributed by atoms with Crippen LogP contribution in [0.2, 0.25) is 0 Å². The van der Waals surface area contributed by atoms with Gasteiger partial charge in [0.2, 0.25) is 0 Å². The molecule has 6 nitrogen and oxygen atoms in total. The van der Waals surface area contributed by atoms with Crippen LogP contribution < -0.4 is 9.46 Å². The second-order valence-electron chi connectivity index (χ2n) is 5.65. The van der Waals surface area contributed by atoms with Crippen LogP contribution >= 0.6 is 0 Å². The van der Waals surface area contributed by atoms with Gasteiger partial charge in [0.25, 0.3) is 10.0 Å². The fourth-order valence-electron chi connectivity index (χ4n) is 2.46. The lowest BCUT2D eigenvalue weighted by Gasteiger charge is -2.16. The number of hydrogen-bond donors (Lipinski definition) is 1. The highest BCUT2D eigenvalue weighted by Crippen LogP contribution is 2.30. The molecule has 1 N–H and O–H groups in total. The van der Waals surface area contributed by atoms with Crippen molar-refractivity contribution < 1.29 is 21.6 Å². The quantitative estimate of drug-likeness (QED) is 0.828. The molecule has 2 aromatic rings. The van der Waals surface area contributed by atoms with E-state index in [1.807, 2.05) is 19.1 Å². The summed E-state index contributed by atoms with van der Waals surface area (Å²) in [5.41, 5.74) is 2.12. The van der Waals surface area contributed by atoms with Crippen molar-refractivity contribution in [3.8, 4) is 5.75 Å². The molecule has 136 valence electrons. The van der Waals surface area contributed by atoms with Crippen LogP contribution in [0.3, 0.4) is 0 Å². The first-order valence-electron chi connectivity index (χ1n) is 7.59. The number of hydrogen-bond acceptors (Lipinski definition) is 5. The van der Waals surface area contributed by atoms with Crippen molar-refractivity contribution in [2.24, 2.45) is 0 Å². The monoisotopic (exact) mass is 383 g/mol. The first-order chi connectivity index (χ1) is 11.6. The van der Waals surface area contributed by atoms with E-state index in [1.165, 1.54) is 19.2 Å². The zero-order chi connectivity index (χ0) is 18.8. The number of ether oxygens (including phenoxy) is 1. The molecule has 0 aromatic heterocycles. The van der Waals surface area contributed by atoms with Crippen molar-refractivity contribution in [2.45, 2.75) is 30.1 Å². The third kappa shape index (κ3) is 4.13. The summed E-state index contributed by atoms with van der Waals surface area (Å²) in [5, 5.41) is 0. The molecule has 0 amide bonds. The molecule has 0 fully saturated rings. The van der Waals surface area contributed by atoms with Crippen LogP contribution in [-0.4, -0.2) is 30.2 Å². The first-order valence-corrected chi connectivity index (χ1v) is 11.0. The van der Waals surface area contributed by atoms with E-state index in [2.05, 4.69) is 4.72 Å². The molecule has 0 atom stereocenters. The van der Waals surface area contributed by atoms with Crippen molar-refractivity contribution >= 4 is 25.5 Å². The summed E-state index contributed by atoms with van der Waals surface area (Å²) < 4.78 is 57.0. The van der Waals surface area contributed by atoms with Gasteiger partial charge >= 0.3 is 0 Å². The number of methoxy groups -OCH3 is 1. The maximum Gasteiger partial charge on any atom is 0.265 e. The number of aryl methyl sites for hydroxylation is 2. The summed E-state index contributed by atoms with van der Waals surface area (Å²) in [7, 11) is -6.25. The van der Waals surface area contributed by atoms with Crippen LogP contribution in [0.1, 0.15) is 18.1 Å². The molecule has 0 spiro atoms. The van der Waals surface area contributed by atoms with Crippen molar-refractivity contribution in [1.82, 2.24) is 0 Å². The minimum atomic E-state index is -4.03. The summed E-state index contributed by atoms with van der Waals surface area (Å²) in [6.07, 6.45) is 1.68. The Bertz CT molecular complexity index is 996. The normalized spacial score (nSPS) is 12.0. The molecule has 0 aliphatic rings. The first kappa shape index (κ1) is 19.3. The van der Waals surface area contributed by atoms with Gasteiger partial charge in [-0.1, -0.05) is 25.1 Å². The zero-order valence-electron chi connectivity index (χ0n) is 14.5. The predicted molar refractivity (Wildman–Crippen MR) is 97.5 cm³/mol. The Morgan fingerprint density at radius 2 is 1.76 bits per heavy atom. The molecular weight excluding hydrogens is 362 g/mol. The Balaban J connectivity index is 2.61. The molecule has 0 saturated carbocycles. The summed E-state index contributed by atoms with van der Waals surface area (Å²) in [4.78, 5) is -0.308. The lowest BCUT2D eigenvalue weighted by molar-refractivity contribution is 0.402. The predicted octanol–water partition coefficient (Wildman–Crippen LogP) is 2.77. The van der Waals surface area contributed by atoms with Gasteiger partial charge in [-0.05, 0) is 42.7 Å². The molecule has 0 radical (unpaired) electrons. The summed E-state index contributed by atoms with van der Waals surface area (Å²) in [6.45, 7) is 3.73. The van der Waals surface area contributed by atoms with Crippen molar-refractivity contribution in [3.05, 3.63) is 47.5 Å². The minimum absolute atomic E-state index is 0.0755. The number of benzene rings is 2. The number of anilines is 1. The number of nitrogens with one attached hydrogen (secondary N) is 1. The molecule has 0 aliphatic carbocycles. The number of sulfone groups is 1. The van der Waals surface area contributed by atoms with E-state index >= 15 is 0 Å². The van der Waals surface area contributed by atoms with Gasteiger partial charge in [0, 0.05) is 6.26 Å². The summed E-state index contributed by atoms with van der Waals surface area (Å²) >= 11 is 0. The zero-order valence-corrected chi connectivity index (χ0v) is 16.2. The topological polar surface area (TPSA) is 89.5 Å². The van der Waals surface area contributed by atoms with Crippen molar-refractivity contribution in [2.75, 3.05) is 18.1 Å². The fraction of sp³-hybridized carbons (Fsp3) is 0.294. The van der Waals surface area contributed by atoms with E-state index in [4.69, 9.17) is 4.74 Å². The number of rotatable bonds is 6. The third-order valence-electron chi connectivity index (χ3n) is 3.83. The van der Waals surface area contributed by atoms with Crippen LogP contribution in [0.4, 0.5) is 5.69 Å². The van der Waals surface area contributed by atoms with Gasteiger partial charge in [0.15, 0.2) is 9.84 Å². The van der Waals surface area contributed by atoms with Gasteiger partial charge in [0.1, 0.15) is 10.6 Å². The number of para-hydroxylation sites is 1. The number of sulfonamides is 1. The Labute approximate surface area is 148 Å². The van der Waals surface area contributed by atoms with Crippen molar-refractivity contribution in [3.63, 3.8) is 0 Å². The summed E-state index contributed by atoms with van der Waals surface area (Å²) in [6, 6.07) is 9.27. The fourth-order valence-corrected chi connectivity index (χ4v) is 4.55. The van der Waals surface area contributed by atoms with Gasteiger partial charge < -0.3 is 4.74 Å². The smallest absolute Gasteiger partial charge is 0.265 e. The highest BCUT2D eigenvalue weighted by Gasteiger charge is 2.24. The second kappa shape index (κ2) is 7.05. The van der Waals surface area contributed by atoms with Crippen LogP contribution in [-0.2, 0) is 26.3 Å². The Morgan fingerprint density at radius 1 is 1.08 bits per heavy atom. The van der Waals surface area contributed by atoms with Gasteiger partial charge in [-0.3, -0.25) is 4.72 Å².